The SMILES string of the molecule is CN(C)CCCN1CCN(CC(=O)N(C)c2ccccc2)CC1. The van der Waals surface area contributed by atoms with Crippen molar-refractivity contribution >= 4 is 11.6 Å². The van der Waals surface area contributed by atoms with Crippen LogP contribution in [-0.2, 0) is 4.79 Å². The van der Waals surface area contributed by atoms with Gasteiger partial charge in [-0.2, -0.15) is 0 Å². The molecule has 5 nitrogen and oxygen atoms in total. The highest BCUT2D eigenvalue weighted by Crippen LogP contribution is 2.12. The Hall–Kier alpha value is -1.43. The number of carbonyl (C=O) groups is 1. The Labute approximate surface area is 140 Å². The highest BCUT2D eigenvalue weighted by Gasteiger charge is 2.20. The summed E-state index contributed by atoms with van der Waals surface area (Å²) in [5.41, 5.74) is 0.958. The van der Waals surface area contributed by atoms with Gasteiger partial charge in [-0.3, -0.25) is 9.69 Å². The summed E-state index contributed by atoms with van der Waals surface area (Å²) < 4.78 is 0. The highest BCUT2D eigenvalue weighted by molar-refractivity contribution is 5.94. The third-order valence-corrected chi connectivity index (χ3v) is 4.42. The number of para-hydroxylation sites is 1. The van der Waals surface area contributed by atoms with Crippen LogP contribution in [0.2, 0.25) is 0 Å². The van der Waals surface area contributed by atoms with E-state index in [2.05, 4.69) is 28.8 Å². The van der Waals surface area contributed by atoms with Gasteiger partial charge in [0.2, 0.25) is 5.91 Å². The summed E-state index contributed by atoms with van der Waals surface area (Å²) in [7, 11) is 6.09. The first kappa shape index (κ1) is 17.9. The predicted octanol–water partition coefficient (Wildman–Crippen LogP) is 1.22. The van der Waals surface area contributed by atoms with Gasteiger partial charge in [0.1, 0.15) is 0 Å². The van der Waals surface area contributed by atoms with Crippen molar-refractivity contribution in [3.63, 3.8) is 0 Å². The van der Waals surface area contributed by atoms with Crippen LogP contribution in [0.5, 0.6) is 0 Å². The molecular weight excluding hydrogens is 288 g/mol. The first-order chi connectivity index (χ1) is 11.1. The number of nitrogens with zero attached hydrogens (tertiary/aromatic N) is 4. The zero-order chi connectivity index (χ0) is 16.7. The zero-order valence-electron chi connectivity index (χ0n) is 14.7. The smallest absolute Gasteiger partial charge is 0.240 e. The molecule has 2 rings (SSSR count). The Kier molecular flexibility index (Phi) is 7.02. The molecule has 23 heavy (non-hydrogen) atoms. The fraction of sp³-hybridized carbons (Fsp3) is 0.611. The Morgan fingerprint density at radius 1 is 1.00 bits per heavy atom. The van der Waals surface area contributed by atoms with E-state index in [1.807, 2.05) is 37.4 Å². The third-order valence-electron chi connectivity index (χ3n) is 4.42. The number of benzene rings is 1. The molecule has 0 aromatic heterocycles. The van der Waals surface area contributed by atoms with Crippen LogP contribution in [0.15, 0.2) is 30.3 Å². The van der Waals surface area contributed by atoms with Crippen molar-refractivity contribution in [1.29, 1.82) is 0 Å². The second-order valence-corrected chi connectivity index (χ2v) is 6.56. The highest BCUT2D eigenvalue weighted by atomic mass is 16.2. The van der Waals surface area contributed by atoms with Crippen molar-refractivity contribution in [1.82, 2.24) is 14.7 Å². The number of likely N-dealkylation sites (N-methyl/N-ethyl adjacent to an activating group) is 1. The van der Waals surface area contributed by atoms with Gasteiger partial charge in [-0.1, -0.05) is 18.2 Å². The molecule has 0 aliphatic carbocycles. The summed E-state index contributed by atoms with van der Waals surface area (Å²) in [6.45, 7) is 6.90. The molecule has 0 spiro atoms. The van der Waals surface area contributed by atoms with Crippen LogP contribution in [0, 0.1) is 0 Å². The molecule has 0 unspecified atom stereocenters. The Bertz CT molecular complexity index is 469. The monoisotopic (exact) mass is 318 g/mol. The van der Waals surface area contributed by atoms with Crippen LogP contribution in [0.4, 0.5) is 5.69 Å². The molecule has 0 bridgehead atoms. The minimum atomic E-state index is 0.164. The van der Waals surface area contributed by atoms with E-state index in [4.69, 9.17) is 0 Å². The van der Waals surface area contributed by atoms with Gasteiger partial charge in [0, 0.05) is 38.9 Å². The van der Waals surface area contributed by atoms with E-state index in [9.17, 15) is 4.79 Å². The number of carbonyl (C=O) groups excluding carboxylic acids is 1. The van der Waals surface area contributed by atoms with Crippen LogP contribution in [0.3, 0.4) is 0 Å². The molecule has 1 aromatic rings. The van der Waals surface area contributed by atoms with Gasteiger partial charge in [0.25, 0.3) is 0 Å². The van der Waals surface area contributed by atoms with E-state index in [0.29, 0.717) is 6.54 Å². The van der Waals surface area contributed by atoms with Gasteiger partial charge in [-0.15, -0.1) is 0 Å². The lowest BCUT2D eigenvalue weighted by atomic mass is 10.2. The van der Waals surface area contributed by atoms with Crippen LogP contribution < -0.4 is 4.90 Å². The van der Waals surface area contributed by atoms with Crippen LogP contribution in [0.25, 0.3) is 0 Å². The fourth-order valence-electron chi connectivity index (χ4n) is 2.87. The van der Waals surface area contributed by atoms with E-state index in [0.717, 1.165) is 45.0 Å². The standard InChI is InChI=1S/C18H30N4O/c1-19(2)10-7-11-21-12-14-22(15-13-21)16-18(23)20(3)17-8-5-4-6-9-17/h4-6,8-9H,7,10-16H2,1-3H3. The molecule has 0 atom stereocenters. The van der Waals surface area contributed by atoms with Gasteiger partial charge in [-0.05, 0) is 45.7 Å². The summed E-state index contributed by atoms with van der Waals surface area (Å²) in [6.07, 6.45) is 1.21. The Balaban J connectivity index is 1.70. The second kappa shape index (κ2) is 9.01. The van der Waals surface area contributed by atoms with Crippen molar-refractivity contribution in [2.24, 2.45) is 0 Å². The Morgan fingerprint density at radius 3 is 2.22 bits per heavy atom. The largest absolute Gasteiger partial charge is 0.314 e. The lowest BCUT2D eigenvalue weighted by Crippen LogP contribution is -2.50. The van der Waals surface area contributed by atoms with Crippen molar-refractivity contribution in [2.75, 3.05) is 71.9 Å². The zero-order valence-corrected chi connectivity index (χ0v) is 14.7. The van der Waals surface area contributed by atoms with Crippen LogP contribution in [-0.4, -0.2) is 87.6 Å². The number of piperazine rings is 1. The Morgan fingerprint density at radius 2 is 1.61 bits per heavy atom. The summed E-state index contributed by atoms with van der Waals surface area (Å²) in [5, 5.41) is 0. The molecule has 1 aromatic carbocycles. The quantitative estimate of drug-likeness (QED) is 0.756. The van der Waals surface area contributed by atoms with Gasteiger partial charge in [0.15, 0.2) is 0 Å². The maximum atomic E-state index is 12.4. The van der Waals surface area contributed by atoms with Gasteiger partial charge in [0.05, 0.1) is 6.54 Å². The normalized spacial score (nSPS) is 16.7. The first-order valence-corrected chi connectivity index (χ1v) is 8.47. The predicted molar refractivity (Wildman–Crippen MR) is 95.9 cm³/mol. The minimum Gasteiger partial charge on any atom is -0.314 e. The molecule has 5 heteroatoms. The molecule has 128 valence electrons. The number of hydrogen-bond acceptors (Lipinski definition) is 4. The summed E-state index contributed by atoms with van der Waals surface area (Å²) in [6, 6.07) is 9.84. The van der Waals surface area contributed by atoms with Gasteiger partial charge < -0.3 is 14.7 Å². The summed E-state index contributed by atoms with van der Waals surface area (Å²) >= 11 is 0. The van der Waals surface area contributed by atoms with E-state index in [1.54, 1.807) is 4.90 Å². The summed E-state index contributed by atoms with van der Waals surface area (Å²) in [4.78, 5) is 21.2. The molecule has 1 aliphatic rings. The fourth-order valence-corrected chi connectivity index (χ4v) is 2.87. The lowest BCUT2D eigenvalue weighted by Gasteiger charge is -2.35. The average molecular weight is 318 g/mol. The molecule has 1 heterocycles. The maximum absolute atomic E-state index is 12.4. The molecular formula is C18H30N4O. The topological polar surface area (TPSA) is 30.0 Å². The minimum absolute atomic E-state index is 0.164. The van der Waals surface area contributed by atoms with Crippen LogP contribution >= 0.6 is 0 Å². The average Bonchev–Trinajstić information content (AvgIpc) is 2.56. The number of anilines is 1. The van der Waals surface area contributed by atoms with E-state index >= 15 is 0 Å². The van der Waals surface area contributed by atoms with E-state index < -0.39 is 0 Å². The second-order valence-electron chi connectivity index (χ2n) is 6.56. The molecule has 0 N–H and O–H groups in total. The van der Waals surface area contributed by atoms with Crippen molar-refractivity contribution in [3.05, 3.63) is 30.3 Å². The number of rotatable bonds is 7. The number of hydrogen-bond donors (Lipinski definition) is 0. The molecule has 1 aliphatic heterocycles. The van der Waals surface area contributed by atoms with E-state index in [-0.39, 0.29) is 5.91 Å². The van der Waals surface area contributed by atoms with Crippen LogP contribution in [0.1, 0.15) is 6.42 Å². The van der Waals surface area contributed by atoms with Gasteiger partial charge in [-0.25, -0.2) is 0 Å². The maximum Gasteiger partial charge on any atom is 0.240 e. The van der Waals surface area contributed by atoms with Crippen molar-refractivity contribution in [2.45, 2.75) is 6.42 Å². The van der Waals surface area contributed by atoms with Crippen molar-refractivity contribution < 1.29 is 4.79 Å². The molecule has 1 saturated heterocycles. The third kappa shape index (κ3) is 5.94. The van der Waals surface area contributed by atoms with Gasteiger partial charge >= 0.3 is 0 Å². The molecule has 1 amide bonds. The van der Waals surface area contributed by atoms with Crippen molar-refractivity contribution in [3.8, 4) is 0 Å². The summed E-state index contributed by atoms with van der Waals surface area (Å²) in [5.74, 6) is 0.164. The molecule has 0 saturated carbocycles. The molecule has 0 radical (unpaired) electrons. The number of amides is 1. The first-order valence-electron chi connectivity index (χ1n) is 8.47. The lowest BCUT2D eigenvalue weighted by molar-refractivity contribution is -0.119. The van der Waals surface area contributed by atoms with E-state index in [1.165, 1.54) is 6.42 Å². The molecule has 1 fully saturated rings.